The van der Waals surface area contributed by atoms with Gasteiger partial charge in [-0.3, -0.25) is 0 Å². The molecule has 0 aliphatic carbocycles. The first-order valence-electron chi connectivity index (χ1n) is 8.69. The van der Waals surface area contributed by atoms with Gasteiger partial charge in [0.25, 0.3) is 0 Å². The van der Waals surface area contributed by atoms with E-state index < -0.39 is 11.9 Å². The lowest BCUT2D eigenvalue weighted by Crippen LogP contribution is -2.07. The third kappa shape index (κ3) is 4.57. The molecule has 0 saturated heterocycles. The molecule has 3 aromatic rings. The topological polar surface area (TPSA) is 61.8 Å². The SMILES string of the molecule is COC(=O)c1cc(OCc2ccc(-c3ccccc3)cc2)cc(C(=O)OC)c1. The lowest BCUT2D eigenvalue weighted by molar-refractivity contribution is 0.0598. The largest absolute Gasteiger partial charge is 0.489 e. The Morgan fingerprint density at radius 3 is 1.79 bits per heavy atom. The molecule has 5 heteroatoms. The number of benzene rings is 3. The van der Waals surface area contributed by atoms with Crippen molar-refractivity contribution in [2.75, 3.05) is 14.2 Å². The summed E-state index contributed by atoms with van der Waals surface area (Å²) in [4.78, 5) is 23.7. The van der Waals surface area contributed by atoms with Crippen LogP contribution in [0.4, 0.5) is 0 Å². The average Bonchev–Trinajstić information content (AvgIpc) is 2.77. The van der Waals surface area contributed by atoms with Gasteiger partial charge in [0.15, 0.2) is 0 Å². The van der Waals surface area contributed by atoms with Crippen molar-refractivity contribution in [2.45, 2.75) is 6.61 Å². The molecular formula is C23H20O5. The van der Waals surface area contributed by atoms with E-state index in [-0.39, 0.29) is 11.1 Å². The van der Waals surface area contributed by atoms with Crippen molar-refractivity contribution in [3.8, 4) is 16.9 Å². The molecule has 3 rings (SSSR count). The van der Waals surface area contributed by atoms with Crippen molar-refractivity contribution in [3.63, 3.8) is 0 Å². The van der Waals surface area contributed by atoms with Gasteiger partial charge in [-0.2, -0.15) is 0 Å². The predicted molar refractivity (Wildman–Crippen MR) is 105 cm³/mol. The normalized spacial score (nSPS) is 10.2. The Labute approximate surface area is 163 Å². The molecule has 0 fully saturated rings. The van der Waals surface area contributed by atoms with E-state index in [0.29, 0.717) is 12.4 Å². The molecule has 0 spiro atoms. The number of esters is 2. The van der Waals surface area contributed by atoms with Gasteiger partial charge in [0.1, 0.15) is 12.4 Å². The summed E-state index contributed by atoms with van der Waals surface area (Å²) in [6, 6.07) is 22.6. The van der Waals surface area contributed by atoms with Crippen molar-refractivity contribution >= 4 is 11.9 Å². The van der Waals surface area contributed by atoms with Gasteiger partial charge in [0.2, 0.25) is 0 Å². The van der Waals surface area contributed by atoms with Crippen molar-refractivity contribution < 1.29 is 23.8 Å². The zero-order chi connectivity index (χ0) is 19.9. The molecule has 3 aromatic carbocycles. The monoisotopic (exact) mass is 376 g/mol. The molecular weight excluding hydrogens is 356 g/mol. The van der Waals surface area contributed by atoms with Gasteiger partial charge < -0.3 is 14.2 Å². The van der Waals surface area contributed by atoms with Crippen molar-refractivity contribution in [2.24, 2.45) is 0 Å². The van der Waals surface area contributed by atoms with E-state index in [9.17, 15) is 9.59 Å². The Morgan fingerprint density at radius 1 is 0.714 bits per heavy atom. The first-order chi connectivity index (χ1) is 13.6. The second kappa shape index (κ2) is 8.86. The van der Waals surface area contributed by atoms with Crippen LogP contribution in [-0.2, 0) is 16.1 Å². The third-order valence-corrected chi connectivity index (χ3v) is 4.22. The van der Waals surface area contributed by atoms with Gasteiger partial charge in [-0.25, -0.2) is 9.59 Å². The molecule has 28 heavy (non-hydrogen) atoms. The molecule has 0 atom stereocenters. The molecule has 0 saturated carbocycles. The molecule has 0 unspecified atom stereocenters. The number of carbonyl (C=O) groups is 2. The Bertz CT molecular complexity index is 928. The Hall–Kier alpha value is -3.60. The fraction of sp³-hybridized carbons (Fsp3) is 0.130. The van der Waals surface area contributed by atoms with Crippen molar-refractivity contribution in [3.05, 3.63) is 89.5 Å². The zero-order valence-electron chi connectivity index (χ0n) is 15.7. The van der Waals surface area contributed by atoms with Crippen LogP contribution in [0, 0.1) is 0 Å². The summed E-state index contributed by atoms with van der Waals surface area (Å²) in [5.41, 5.74) is 3.66. The quantitative estimate of drug-likeness (QED) is 0.593. The highest BCUT2D eigenvalue weighted by atomic mass is 16.5. The predicted octanol–water partition coefficient (Wildman–Crippen LogP) is 4.51. The van der Waals surface area contributed by atoms with E-state index in [4.69, 9.17) is 14.2 Å². The second-order valence-corrected chi connectivity index (χ2v) is 6.08. The average molecular weight is 376 g/mol. The third-order valence-electron chi connectivity index (χ3n) is 4.22. The van der Waals surface area contributed by atoms with E-state index in [2.05, 4.69) is 12.1 Å². The molecule has 0 amide bonds. The number of rotatable bonds is 6. The molecule has 0 aliphatic rings. The van der Waals surface area contributed by atoms with Crippen LogP contribution < -0.4 is 4.74 Å². The standard InChI is InChI=1S/C23H20O5/c1-26-22(24)19-12-20(23(25)27-2)14-21(13-19)28-15-16-8-10-18(11-9-16)17-6-4-3-5-7-17/h3-14H,15H2,1-2H3. The molecule has 5 nitrogen and oxygen atoms in total. The summed E-state index contributed by atoms with van der Waals surface area (Å²) >= 11 is 0. The molecule has 0 heterocycles. The number of ether oxygens (including phenoxy) is 3. The van der Waals surface area contributed by atoms with Crippen molar-refractivity contribution in [1.29, 1.82) is 0 Å². The first kappa shape index (κ1) is 19.2. The molecule has 0 bridgehead atoms. The van der Waals surface area contributed by atoms with Gasteiger partial charge in [-0.1, -0.05) is 54.6 Å². The maximum atomic E-state index is 11.8. The van der Waals surface area contributed by atoms with E-state index in [1.807, 2.05) is 42.5 Å². The Kier molecular flexibility index (Phi) is 6.07. The lowest BCUT2D eigenvalue weighted by atomic mass is 10.0. The van der Waals surface area contributed by atoms with Crippen LogP contribution in [0.3, 0.4) is 0 Å². The van der Waals surface area contributed by atoms with Crippen LogP contribution in [0.15, 0.2) is 72.8 Å². The minimum Gasteiger partial charge on any atom is -0.489 e. The number of carbonyl (C=O) groups excluding carboxylic acids is 2. The van der Waals surface area contributed by atoms with Gasteiger partial charge >= 0.3 is 11.9 Å². The Morgan fingerprint density at radius 2 is 1.25 bits per heavy atom. The van der Waals surface area contributed by atoms with Gasteiger partial charge in [-0.05, 0) is 34.9 Å². The van der Waals surface area contributed by atoms with Gasteiger partial charge in [0, 0.05) is 0 Å². The zero-order valence-corrected chi connectivity index (χ0v) is 15.7. The maximum Gasteiger partial charge on any atom is 0.338 e. The van der Waals surface area contributed by atoms with E-state index in [0.717, 1.165) is 16.7 Å². The smallest absolute Gasteiger partial charge is 0.338 e. The van der Waals surface area contributed by atoms with Crippen LogP contribution in [0.5, 0.6) is 5.75 Å². The Balaban J connectivity index is 1.76. The van der Waals surface area contributed by atoms with Crippen LogP contribution in [-0.4, -0.2) is 26.2 Å². The number of hydrogen-bond acceptors (Lipinski definition) is 5. The minimum atomic E-state index is -0.553. The number of methoxy groups -OCH3 is 2. The fourth-order valence-electron chi connectivity index (χ4n) is 2.74. The van der Waals surface area contributed by atoms with Gasteiger partial charge in [-0.15, -0.1) is 0 Å². The molecule has 0 N–H and O–H groups in total. The molecule has 0 aliphatic heterocycles. The minimum absolute atomic E-state index is 0.222. The fourth-order valence-corrected chi connectivity index (χ4v) is 2.74. The molecule has 142 valence electrons. The highest BCUT2D eigenvalue weighted by Gasteiger charge is 2.14. The van der Waals surface area contributed by atoms with Crippen LogP contribution in [0.2, 0.25) is 0 Å². The summed E-state index contributed by atoms with van der Waals surface area (Å²) in [5, 5.41) is 0. The maximum absolute atomic E-state index is 11.8. The highest BCUT2D eigenvalue weighted by Crippen LogP contribution is 2.22. The van der Waals surface area contributed by atoms with E-state index in [1.165, 1.54) is 32.4 Å². The van der Waals surface area contributed by atoms with Crippen LogP contribution >= 0.6 is 0 Å². The van der Waals surface area contributed by atoms with Crippen LogP contribution in [0.1, 0.15) is 26.3 Å². The van der Waals surface area contributed by atoms with Crippen molar-refractivity contribution in [1.82, 2.24) is 0 Å². The summed E-state index contributed by atoms with van der Waals surface area (Å²) in [7, 11) is 2.56. The number of hydrogen-bond donors (Lipinski definition) is 0. The summed E-state index contributed by atoms with van der Waals surface area (Å²) < 4.78 is 15.3. The molecule has 0 radical (unpaired) electrons. The summed E-state index contributed by atoms with van der Waals surface area (Å²) in [6.45, 7) is 0.292. The summed E-state index contributed by atoms with van der Waals surface area (Å²) in [5.74, 6) is -0.721. The van der Waals surface area contributed by atoms with Crippen LogP contribution in [0.25, 0.3) is 11.1 Å². The lowest BCUT2D eigenvalue weighted by Gasteiger charge is -2.10. The first-order valence-corrected chi connectivity index (χ1v) is 8.69. The van der Waals surface area contributed by atoms with E-state index in [1.54, 1.807) is 0 Å². The van der Waals surface area contributed by atoms with E-state index >= 15 is 0 Å². The molecule has 0 aromatic heterocycles. The second-order valence-electron chi connectivity index (χ2n) is 6.08. The van der Waals surface area contributed by atoms with Gasteiger partial charge in [0.05, 0.1) is 25.3 Å². The summed E-state index contributed by atoms with van der Waals surface area (Å²) in [6.07, 6.45) is 0. The highest BCUT2D eigenvalue weighted by molar-refractivity contribution is 5.96.